The van der Waals surface area contributed by atoms with Crippen LogP contribution in [0.1, 0.15) is 24.1 Å². The molecule has 0 spiro atoms. The molecule has 2 atom stereocenters. The molecule has 1 aromatic rings. The molecule has 0 radical (unpaired) electrons. The van der Waals surface area contributed by atoms with Gasteiger partial charge in [-0.05, 0) is 33.5 Å². The third kappa shape index (κ3) is 7.99. The summed E-state index contributed by atoms with van der Waals surface area (Å²) in [4.78, 5) is 6.48. The first-order valence-corrected chi connectivity index (χ1v) is 7.67. The van der Waals surface area contributed by atoms with Crippen LogP contribution in [-0.2, 0) is 4.74 Å². The highest BCUT2D eigenvalue weighted by Gasteiger charge is 2.15. The number of rotatable bonds is 7. The summed E-state index contributed by atoms with van der Waals surface area (Å²) in [5.41, 5.74) is 2.57. The van der Waals surface area contributed by atoms with E-state index in [0.717, 1.165) is 12.5 Å². The zero-order chi connectivity index (χ0) is 16.5. The first-order chi connectivity index (χ1) is 10.5. The van der Waals surface area contributed by atoms with Crippen molar-refractivity contribution in [3.8, 4) is 0 Å². The molecule has 0 fully saturated rings. The molecule has 0 saturated carbocycles. The number of benzene rings is 1. The van der Waals surface area contributed by atoms with E-state index < -0.39 is 0 Å². The summed E-state index contributed by atoms with van der Waals surface area (Å²) in [6.07, 6.45) is 0. The van der Waals surface area contributed by atoms with E-state index in [2.05, 4.69) is 72.7 Å². The third-order valence-corrected chi connectivity index (χ3v) is 3.57. The molecule has 1 aromatic carbocycles. The van der Waals surface area contributed by atoms with E-state index in [1.807, 2.05) is 0 Å². The molecule has 132 valence electrons. The molecule has 0 aliphatic heterocycles. The Bertz CT molecular complexity index is 462. The molecule has 0 heterocycles. The van der Waals surface area contributed by atoms with Gasteiger partial charge in [-0.1, -0.05) is 29.8 Å². The average molecular weight is 434 g/mol. The van der Waals surface area contributed by atoms with Crippen molar-refractivity contribution in [2.24, 2.45) is 4.99 Å². The minimum Gasteiger partial charge on any atom is -0.383 e. The Morgan fingerprint density at radius 1 is 1.26 bits per heavy atom. The molecule has 23 heavy (non-hydrogen) atoms. The van der Waals surface area contributed by atoms with Crippen LogP contribution in [0, 0.1) is 6.92 Å². The Kier molecular flexibility index (Phi) is 11.2. The summed E-state index contributed by atoms with van der Waals surface area (Å²) < 4.78 is 5.14. The number of aryl methyl sites for hydroxylation is 1. The average Bonchev–Trinajstić information content (AvgIpc) is 2.48. The number of nitrogens with zero attached hydrogens (tertiary/aromatic N) is 2. The van der Waals surface area contributed by atoms with Crippen LogP contribution in [-0.4, -0.2) is 58.3 Å². The van der Waals surface area contributed by atoms with Crippen LogP contribution in [0.2, 0.25) is 0 Å². The van der Waals surface area contributed by atoms with Gasteiger partial charge in [-0.2, -0.15) is 0 Å². The quantitative estimate of drug-likeness (QED) is 0.393. The first-order valence-electron chi connectivity index (χ1n) is 7.67. The van der Waals surface area contributed by atoms with Crippen molar-refractivity contribution < 1.29 is 4.74 Å². The molecular weight excluding hydrogens is 403 g/mol. The number of guanidine groups is 1. The van der Waals surface area contributed by atoms with E-state index in [1.54, 1.807) is 14.2 Å². The lowest BCUT2D eigenvalue weighted by molar-refractivity contribution is 0.179. The van der Waals surface area contributed by atoms with Crippen LogP contribution in [0.3, 0.4) is 0 Å². The lowest BCUT2D eigenvalue weighted by Gasteiger charge is -2.27. The second-order valence-corrected chi connectivity index (χ2v) is 5.84. The maximum absolute atomic E-state index is 5.14. The molecule has 5 nitrogen and oxygen atoms in total. The van der Waals surface area contributed by atoms with Crippen molar-refractivity contribution >= 4 is 29.9 Å². The Labute approximate surface area is 157 Å². The molecular formula is C17H31IN4O. The lowest BCUT2D eigenvalue weighted by atomic mass is 10.0. The van der Waals surface area contributed by atoms with E-state index in [4.69, 9.17) is 4.74 Å². The highest BCUT2D eigenvalue weighted by molar-refractivity contribution is 14.0. The molecule has 0 amide bonds. The summed E-state index contributed by atoms with van der Waals surface area (Å²) in [5, 5.41) is 6.71. The maximum Gasteiger partial charge on any atom is 0.191 e. The highest BCUT2D eigenvalue weighted by atomic mass is 127. The Morgan fingerprint density at radius 2 is 1.87 bits per heavy atom. The van der Waals surface area contributed by atoms with Gasteiger partial charge < -0.3 is 20.3 Å². The SMILES string of the molecule is CN=C(NCC(c1ccc(C)cc1)N(C)C)NC(C)COC.I. The summed E-state index contributed by atoms with van der Waals surface area (Å²) >= 11 is 0. The van der Waals surface area contributed by atoms with E-state index in [9.17, 15) is 0 Å². The molecule has 2 unspecified atom stereocenters. The van der Waals surface area contributed by atoms with Gasteiger partial charge >= 0.3 is 0 Å². The number of halogens is 1. The van der Waals surface area contributed by atoms with Gasteiger partial charge in [0.15, 0.2) is 5.96 Å². The summed E-state index contributed by atoms with van der Waals surface area (Å²) in [5.74, 6) is 0.795. The number of likely N-dealkylation sites (N-methyl/N-ethyl adjacent to an activating group) is 1. The summed E-state index contributed by atoms with van der Waals surface area (Å²) in [6.45, 7) is 5.61. The monoisotopic (exact) mass is 434 g/mol. The normalized spacial score (nSPS) is 14.1. The van der Waals surface area contributed by atoms with Crippen molar-refractivity contribution in [1.82, 2.24) is 15.5 Å². The zero-order valence-corrected chi connectivity index (χ0v) is 17.4. The van der Waals surface area contributed by atoms with Gasteiger partial charge in [0.25, 0.3) is 0 Å². The molecule has 0 aliphatic carbocycles. The second kappa shape index (κ2) is 11.6. The van der Waals surface area contributed by atoms with Crippen molar-refractivity contribution in [2.45, 2.75) is 25.9 Å². The molecule has 0 bridgehead atoms. The fourth-order valence-corrected chi connectivity index (χ4v) is 2.30. The predicted molar refractivity (Wildman–Crippen MR) is 109 cm³/mol. The Balaban J connectivity index is 0.00000484. The standard InChI is InChI=1S/C17H30N4O.HI/c1-13-7-9-15(10-8-13)16(21(4)5)11-19-17(18-3)20-14(2)12-22-6;/h7-10,14,16H,11-12H2,1-6H3,(H2,18,19,20);1H. The first kappa shape index (κ1) is 22.1. The fraction of sp³-hybridized carbons (Fsp3) is 0.588. The maximum atomic E-state index is 5.14. The largest absolute Gasteiger partial charge is 0.383 e. The van der Waals surface area contributed by atoms with Crippen LogP contribution in [0.25, 0.3) is 0 Å². The number of aliphatic imine (C=N–C) groups is 1. The Hall–Kier alpha value is -0.860. The van der Waals surface area contributed by atoms with Gasteiger partial charge in [0, 0.05) is 26.7 Å². The van der Waals surface area contributed by atoms with Crippen molar-refractivity contribution in [3.63, 3.8) is 0 Å². The van der Waals surface area contributed by atoms with Crippen molar-refractivity contribution in [2.75, 3.05) is 41.4 Å². The topological polar surface area (TPSA) is 48.9 Å². The van der Waals surface area contributed by atoms with Gasteiger partial charge in [0.2, 0.25) is 0 Å². The van der Waals surface area contributed by atoms with Gasteiger partial charge in [-0.3, -0.25) is 4.99 Å². The predicted octanol–water partition coefficient (Wildman–Crippen LogP) is 2.42. The molecule has 0 aliphatic rings. The molecule has 2 N–H and O–H groups in total. The second-order valence-electron chi connectivity index (χ2n) is 5.84. The van der Waals surface area contributed by atoms with Crippen LogP contribution in [0.4, 0.5) is 0 Å². The summed E-state index contributed by atoms with van der Waals surface area (Å²) in [7, 11) is 7.67. The van der Waals surface area contributed by atoms with E-state index in [0.29, 0.717) is 6.61 Å². The van der Waals surface area contributed by atoms with E-state index in [-0.39, 0.29) is 36.1 Å². The number of nitrogens with one attached hydrogen (secondary N) is 2. The van der Waals surface area contributed by atoms with Crippen molar-refractivity contribution in [1.29, 1.82) is 0 Å². The van der Waals surface area contributed by atoms with Crippen LogP contribution in [0.15, 0.2) is 29.3 Å². The zero-order valence-electron chi connectivity index (χ0n) is 15.1. The Morgan fingerprint density at radius 3 is 2.35 bits per heavy atom. The number of ether oxygens (including phenoxy) is 1. The smallest absolute Gasteiger partial charge is 0.191 e. The highest BCUT2D eigenvalue weighted by Crippen LogP contribution is 2.17. The van der Waals surface area contributed by atoms with Gasteiger partial charge in [0.1, 0.15) is 0 Å². The number of hydrogen-bond donors (Lipinski definition) is 2. The number of hydrogen-bond acceptors (Lipinski definition) is 3. The third-order valence-electron chi connectivity index (χ3n) is 3.57. The summed E-state index contributed by atoms with van der Waals surface area (Å²) in [6, 6.07) is 9.18. The minimum atomic E-state index is 0. The van der Waals surface area contributed by atoms with E-state index >= 15 is 0 Å². The lowest BCUT2D eigenvalue weighted by Crippen LogP contribution is -2.46. The van der Waals surface area contributed by atoms with Crippen molar-refractivity contribution in [3.05, 3.63) is 35.4 Å². The van der Waals surface area contributed by atoms with Gasteiger partial charge in [0.05, 0.1) is 12.6 Å². The fourth-order valence-electron chi connectivity index (χ4n) is 2.30. The molecule has 0 aromatic heterocycles. The van der Waals surface area contributed by atoms with Crippen LogP contribution >= 0.6 is 24.0 Å². The molecule has 1 rings (SSSR count). The van der Waals surface area contributed by atoms with Crippen LogP contribution < -0.4 is 10.6 Å². The number of methoxy groups -OCH3 is 1. The van der Waals surface area contributed by atoms with Crippen LogP contribution in [0.5, 0.6) is 0 Å². The van der Waals surface area contributed by atoms with E-state index in [1.165, 1.54) is 11.1 Å². The minimum absolute atomic E-state index is 0. The van der Waals surface area contributed by atoms with Gasteiger partial charge in [-0.15, -0.1) is 24.0 Å². The molecule has 6 heteroatoms. The van der Waals surface area contributed by atoms with Gasteiger partial charge in [-0.25, -0.2) is 0 Å². The molecule has 0 saturated heterocycles.